The third-order valence-electron chi connectivity index (χ3n) is 4.31. The lowest BCUT2D eigenvalue weighted by molar-refractivity contribution is -0.121. The van der Waals surface area contributed by atoms with Crippen LogP contribution in [0.3, 0.4) is 0 Å². The maximum Gasteiger partial charge on any atom is 0.253 e. The van der Waals surface area contributed by atoms with E-state index in [0.717, 1.165) is 25.1 Å². The summed E-state index contributed by atoms with van der Waals surface area (Å²) >= 11 is 0. The highest BCUT2D eigenvalue weighted by Crippen LogP contribution is 2.17. The van der Waals surface area contributed by atoms with Gasteiger partial charge in [0.15, 0.2) is 0 Å². The van der Waals surface area contributed by atoms with E-state index >= 15 is 0 Å². The summed E-state index contributed by atoms with van der Waals surface area (Å²) in [7, 11) is 3.47. The van der Waals surface area contributed by atoms with Crippen LogP contribution in [0, 0.1) is 5.92 Å². The van der Waals surface area contributed by atoms with Crippen molar-refractivity contribution in [2.75, 3.05) is 27.2 Å². The Balaban J connectivity index is 1.77. The third-order valence-corrected chi connectivity index (χ3v) is 4.31. The number of carbonyl (C=O) groups excluding carboxylic acids is 2. The van der Waals surface area contributed by atoms with Gasteiger partial charge < -0.3 is 15.5 Å². The van der Waals surface area contributed by atoms with Gasteiger partial charge in [0.25, 0.3) is 5.91 Å². The number of nitrogens with one attached hydrogen (secondary N) is 2. The Hall–Kier alpha value is -1.88. The van der Waals surface area contributed by atoms with Crippen LogP contribution in [0.15, 0.2) is 24.3 Å². The monoisotopic (exact) mass is 317 g/mol. The Morgan fingerprint density at radius 1 is 1.26 bits per heavy atom. The zero-order valence-electron chi connectivity index (χ0n) is 14.1. The molecule has 1 aliphatic rings. The number of piperidine rings is 1. The number of amides is 2. The quantitative estimate of drug-likeness (QED) is 0.841. The van der Waals surface area contributed by atoms with Gasteiger partial charge in [-0.05, 0) is 56.0 Å². The van der Waals surface area contributed by atoms with Gasteiger partial charge in [-0.3, -0.25) is 9.59 Å². The lowest BCUT2D eigenvalue weighted by Crippen LogP contribution is -2.29. The fourth-order valence-corrected chi connectivity index (χ4v) is 2.87. The Kier molecular flexibility index (Phi) is 6.59. The van der Waals surface area contributed by atoms with Crippen molar-refractivity contribution < 1.29 is 9.59 Å². The smallest absolute Gasteiger partial charge is 0.253 e. The molecule has 1 fully saturated rings. The maximum absolute atomic E-state index is 12.0. The van der Waals surface area contributed by atoms with Crippen LogP contribution < -0.4 is 10.6 Å². The van der Waals surface area contributed by atoms with E-state index in [2.05, 4.69) is 10.6 Å². The molecule has 126 valence electrons. The predicted octanol–water partition coefficient (Wildman–Crippen LogP) is 1.78. The van der Waals surface area contributed by atoms with Crippen molar-refractivity contribution in [1.29, 1.82) is 0 Å². The van der Waals surface area contributed by atoms with Crippen LogP contribution in [-0.4, -0.2) is 43.9 Å². The second-order valence-corrected chi connectivity index (χ2v) is 6.41. The summed E-state index contributed by atoms with van der Waals surface area (Å²) < 4.78 is 0. The molecule has 5 nitrogen and oxygen atoms in total. The molecule has 23 heavy (non-hydrogen) atoms. The largest absolute Gasteiger partial charge is 0.352 e. The van der Waals surface area contributed by atoms with E-state index in [9.17, 15) is 9.59 Å². The van der Waals surface area contributed by atoms with Crippen molar-refractivity contribution in [1.82, 2.24) is 15.5 Å². The summed E-state index contributed by atoms with van der Waals surface area (Å²) in [6.07, 6.45) is 3.89. The minimum atomic E-state index is -0.0240. The maximum atomic E-state index is 12.0. The van der Waals surface area contributed by atoms with Gasteiger partial charge in [0.05, 0.1) is 0 Å². The average Bonchev–Trinajstić information content (AvgIpc) is 2.58. The van der Waals surface area contributed by atoms with Crippen LogP contribution in [0.1, 0.15) is 41.6 Å². The topological polar surface area (TPSA) is 61.4 Å². The van der Waals surface area contributed by atoms with Gasteiger partial charge in [-0.25, -0.2) is 0 Å². The Morgan fingerprint density at radius 3 is 2.70 bits per heavy atom. The van der Waals surface area contributed by atoms with Gasteiger partial charge in [0.2, 0.25) is 5.91 Å². The first-order valence-electron chi connectivity index (χ1n) is 8.34. The van der Waals surface area contributed by atoms with Crippen molar-refractivity contribution in [2.45, 2.75) is 32.2 Å². The van der Waals surface area contributed by atoms with Gasteiger partial charge in [0.1, 0.15) is 0 Å². The first-order valence-corrected chi connectivity index (χ1v) is 8.34. The number of rotatable bonds is 6. The SMILES string of the molecule is CN(C)C(=O)c1cccc(CNC(=O)CCC2CCNCC2)c1. The van der Waals surface area contributed by atoms with Gasteiger partial charge in [-0.2, -0.15) is 0 Å². The average molecular weight is 317 g/mol. The molecule has 5 heteroatoms. The van der Waals surface area contributed by atoms with E-state index in [4.69, 9.17) is 0 Å². The van der Waals surface area contributed by atoms with E-state index in [1.807, 2.05) is 18.2 Å². The normalized spacial score (nSPS) is 15.2. The highest BCUT2D eigenvalue weighted by molar-refractivity contribution is 5.94. The van der Waals surface area contributed by atoms with E-state index in [-0.39, 0.29) is 11.8 Å². The van der Waals surface area contributed by atoms with Gasteiger partial charge in [0, 0.05) is 32.6 Å². The van der Waals surface area contributed by atoms with Crippen molar-refractivity contribution in [2.24, 2.45) is 5.92 Å². The van der Waals surface area contributed by atoms with Crippen LogP contribution in [0.4, 0.5) is 0 Å². The standard InChI is InChI=1S/C18H27N3O2/c1-21(2)18(23)16-5-3-4-15(12-16)13-20-17(22)7-6-14-8-10-19-11-9-14/h3-5,12,14,19H,6-11,13H2,1-2H3,(H,20,22). The summed E-state index contributed by atoms with van der Waals surface area (Å²) in [5, 5.41) is 6.29. The van der Waals surface area contributed by atoms with Crippen LogP contribution in [0.5, 0.6) is 0 Å². The second kappa shape index (κ2) is 8.67. The molecule has 1 heterocycles. The summed E-state index contributed by atoms with van der Waals surface area (Å²) in [6.45, 7) is 2.61. The third kappa shape index (κ3) is 5.67. The minimum absolute atomic E-state index is 0.0240. The Labute approximate surface area is 138 Å². The summed E-state index contributed by atoms with van der Waals surface area (Å²) in [5.74, 6) is 0.736. The summed E-state index contributed by atoms with van der Waals surface area (Å²) in [4.78, 5) is 25.5. The fraction of sp³-hybridized carbons (Fsp3) is 0.556. The van der Waals surface area contributed by atoms with Gasteiger partial charge in [-0.1, -0.05) is 12.1 Å². The molecule has 1 aliphatic heterocycles. The molecule has 2 N–H and O–H groups in total. The summed E-state index contributed by atoms with van der Waals surface area (Å²) in [6, 6.07) is 7.42. The second-order valence-electron chi connectivity index (χ2n) is 6.41. The lowest BCUT2D eigenvalue weighted by Gasteiger charge is -2.22. The first kappa shape index (κ1) is 17.5. The van der Waals surface area contributed by atoms with Crippen molar-refractivity contribution in [3.05, 3.63) is 35.4 Å². The number of carbonyl (C=O) groups is 2. The highest BCUT2D eigenvalue weighted by atomic mass is 16.2. The Bertz CT molecular complexity index is 537. The molecule has 1 aromatic rings. The van der Waals surface area contributed by atoms with Crippen LogP contribution >= 0.6 is 0 Å². The number of benzene rings is 1. The zero-order chi connectivity index (χ0) is 16.7. The minimum Gasteiger partial charge on any atom is -0.352 e. The molecule has 2 amide bonds. The van der Waals surface area contributed by atoms with Crippen molar-refractivity contribution in [3.63, 3.8) is 0 Å². The number of nitrogens with zero attached hydrogens (tertiary/aromatic N) is 1. The molecular formula is C18H27N3O2. The van der Waals surface area contributed by atoms with E-state index in [1.165, 1.54) is 12.8 Å². The molecule has 0 atom stereocenters. The lowest BCUT2D eigenvalue weighted by atomic mass is 9.93. The fourth-order valence-electron chi connectivity index (χ4n) is 2.87. The molecule has 0 radical (unpaired) electrons. The molecule has 1 saturated heterocycles. The molecule has 2 rings (SSSR count). The van der Waals surface area contributed by atoms with Crippen molar-refractivity contribution >= 4 is 11.8 Å². The van der Waals surface area contributed by atoms with Crippen LogP contribution in [-0.2, 0) is 11.3 Å². The number of hydrogen-bond donors (Lipinski definition) is 2. The molecule has 0 spiro atoms. The van der Waals surface area contributed by atoms with Crippen LogP contribution in [0.2, 0.25) is 0 Å². The molecule has 0 bridgehead atoms. The first-order chi connectivity index (χ1) is 11.1. The van der Waals surface area contributed by atoms with E-state index < -0.39 is 0 Å². The molecular weight excluding hydrogens is 290 g/mol. The molecule has 0 aliphatic carbocycles. The molecule has 0 saturated carbocycles. The van der Waals surface area contributed by atoms with Crippen molar-refractivity contribution in [3.8, 4) is 0 Å². The van der Waals surface area contributed by atoms with Gasteiger partial charge >= 0.3 is 0 Å². The molecule has 0 unspecified atom stereocenters. The molecule has 1 aromatic carbocycles. The number of hydrogen-bond acceptors (Lipinski definition) is 3. The Morgan fingerprint density at radius 2 is 2.00 bits per heavy atom. The van der Waals surface area contributed by atoms with E-state index in [1.54, 1.807) is 25.1 Å². The zero-order valence-corrected chi connectivity index (χ0v) is 14.1. The summed E-state index contributed by atoms with van der Waals surface area (Å²) in [5.41, 5.74) is 1.60. The highest BCUT2D eigenvalue weighted by Gasteiger charge is 2.14. The predicted molar refractivity (Wildman–Crippen MR) is 91.1 cm³/mol. The van der Waals surface area contributed by atoms with Gasteiger partial charge in [-0.15, -0.1) is 0 Å². The van der Waals surface area contributed by atoms with E-state index in [0.29, 0.717) is 24.4 Å². The molecule has 0 aromatic heterocycles. The van der Waals surface area contributed by atoms with Crippen LogP contribution in [0.25, 0.3) is 0 Å².